The molecule has 2 aromatic rings. The van der Waals surface area contributed by atoms with Crippen LogP contribution in [0.3, 0.4) is 0 Å². The maximum atomic E-state index is 12.6. The van der Waals surface area contributed by atoms with Crippen LogP contribution in [0, 0.1) is 11.3 Å². The molecule has 1 aliphatic rings. The average Bonchev–Trinajstić information content (AvgIpc) is 2.81. The molecule has 1 aliphatic carbocycles. The second kappa shape index (κ2) is 10.6. The molecule has 8 nitrogen and oxygen atoms in total. The van der Waals surface area contributed by atoms with Gasteiger partial charge in [-0.2, -0.15) is 9.57 Å². The monoisotopic (exact) mass is 456 g/mol. The zero-order chi connectivity index (χ0) is 23.1. The van der Waals surface area contributed by atoms with Gasteiger partial charge >= 0.3 is 0 Å². The van der Waals surface area contributed by atoms with Crippen LogP contribution in [0.2, 0.25) is 0 Å². The highest BCUT2D eigenvalue weighted by molar-refractivity contribution is 7.89. The largest absolute Gasteiger partial charge is 0.474 e. The smallest absolute Gasteiger partial charge is 0.251 e. The van der Waals surface area contributed by atoms with Gasteiger partial charge in [-0.3, -0.25) is 4.79 Å². The molecule has 1 aromatic carbocycles. The van der Waals surface area contributed by atoms with Crippen LogP contribution < -0.4 is 10.1 Å². The highest BCUT2D eigenvalue weighted by Crippen LogP contribution is 2.23. The zero-order valence-corrected chi connectivity index (χ0v) is 19.1. The Bertz CT molecular complexity index is 1050. The highest BCUT2D eigenvalue weighted by atomic mass is 32.2. The van der Waals surface area contributed by atoms with E-state index in [4.69, 9.17) is 10.00 Å². The van der Waals surface area contributed by atoms with E-state index in [1.165, 1.54) is 22.6 Å². The summed E-state index contributed by atoms with van der Waals surface area (Å²) in [4.78, 5) is 16.9. The third-order valence-electron chi connectivity index (χ3n) is 5.62. The van der Waals surface area contributed by atoms with E-state index in [-0.39, 0.29) is 22.9 Å². The van der Waals surface area contributed by atoms with E-state index in [0.717, 1.165) is 25.7 Å². The predicted molar refractivity (Wildman–Crippen MR) is 120 cm³/mol. The Morgan fingerprint density at radius 3 is 2.31 bits per heavy atom. The lowest BCUT2D eigenvalue weighted by Gasteiger charge is -2.29. The number of nitriles is 1. The minimum atomic E-state index is -3.54. The van der Waals surface area contributed by atoms with Gasteiger partial charge in [-0.15, -0.1) is 0 Å². The molecule has 32 heavy (non-hydrogen) atoms. The first-order valence-electron chi connectivity index (χ1n) is 10.8. The molecule has 0 saturated heterocycles. The number of amides is 1. The quantitative estimate of drug-likeness (QED) is 0.653. The molecule has 0 bridgehead atoms. The second-order valence-electron chi connectivity index (χ2n) is 7.68. The molecule has 1 aromatic heterocycles. The molecule has 0 unspecified atom stereocenters. The topological polar surface area (TPSA) is 112 Å². The minimum absolute atomic E-state index is 0.0214. The van der Waals surface area contributed by atoms with Crippen LogP contribution in [0.1, 0.15) is 55.5 Å². The minimum Gasteiger partial charge on any atom is -0.474 e. The molecule has 170 valence electrons. The molecule has 3 rings (SSSR count). The maximum absolute atomic E-state index is 12.6. The van der Waals surface area contributed by atoms with Gasteiger partial charge in [-0.1, -0.05) is 13.8 Å². The van der Waals surface area contributed by atoms with Crippen LogP contribution in [0.15, 0.2) is 47.5 Å². The summed E-state index contributed by atoms with van der Waals surface area (Å²) in [6, 6.07) is 11.5. The molecule has 0 atom stereocenters. The van der Waals surface area contributed by atoms with Crippen molar-refractivity contribution >= 4 is 15.9 Å². The summed E-state index contributed by atoms with van der Waals surface area (Å²) in [6.45, 7) is 4.39. The van der Waals surface area contributed by atoms with E-state index in [1.54, 1.807) is 38.1 Å². The number of ether oxygens (including phenoxy) is 1. The molecule has 9 heteroatoms. The molecule has 1 N–H and O–H groups in total. The van der Waals surface area contributed by atoms with Gasteiger partial charge in [0.05, 0.1) is 10.5 Å². The van der Waals surface area contributed by atoms with E-state index in [9.17, 15) is 13.2 Å². The number of nitrogens with one attached hydrogen (secondary N) is 1. The summed E-state index contributed by atoms with van der Waals surface area (Å²) < 4.78 is 32.4. The number of rotatable bonds is 8. The van der Waals surface area contributed by atoms with Crippen LogP contribution in [-0.2, 0) is 10.0 Å². The first kappa shape index (κ1) is 23.7. The van der Waals surface area contributed by atoms with Crippen LogP contribution in [0.4, 0.5) is 0 Å². The van der Waals surface area contributed by atoms with E-state index >= 15 is 0 Å². The van der Waals surface area contributed by atoms with E-state index in [0.29, 0.717) is 30.1 Å². The van der Waals surface area contributed by atoms with Gasteiger partial charge in [-0.25, -0.2) is 13.4 Å². The number of sulfonamides is 1. The molecular formula is C23H28N4O4S. The first-order chi connectivity index (χ1) is 15.4. The summed E-state index contributed by atoms with van der Waals surface area (Å²) in [5.41, 5.74) is 0.922. The van der Waals surface area contributed by atoms with Crippen molar-refractivity contribution in [1.29, 1.82) is 5.26 Å². The lowest BCUT2D eigenvalue weighted by Crippen LogP contribution is -2.39. The fourth-order valence-electron chi connectivity index (χ4n) is 3.77. The fraction of sp³-hybridized carbons (Fsp3) is 0.435. The second-order valence-corrected chi connectivity index (χ2v) is 9.61. The van der Waals surface area contributed by atoms with Crippen molar-refractivity contribution in [2.75, 3.05) is 13.1 Å². The van der Waals surface area contributed by atoms with E-state index in [2.05, 4.69) is 10.3 Å². The Kier molecular flexibility index (Phi) is 7.83. The number of pyridine rings is 1. The fourth-order valence-corrected chi connectivity index (χ4v) is 5.23. The number of hydrogen-bond acceptors (Lipinski definition) is 6. The molecule has 1 amide bonds. The number of nitrogens with zero attached hydrogens (tertiary/aromatic N) is 3. The van der Waals surface area contributed by atoms with Gasteiger partial charge in [0.25, 0.3) is 5.91 Å². The van der Waals surface area contributed by atoms with Gasteiger partial charge in [0.15, 0.2) is 0 Å². The van der Waals surface area contributed by atoms with Crippen molar-refractivity contribution in [2.24, 2.45) is 0 Å². The number of hydrogen-bond donors (Lipinski definition) is 1. The Morgan fingerprint density at radius 2 is 1.78 bits per heavy atom. The van der Waals surface area contributed by atoms with Gasteiger partial charge < -0.3 is 10.1 Å². The summed E-state index contributed by atoms with van der Waals surface area (Å²) in [5.74, 6) is 0.283. The standard InChI is InChI=1S/C23H28N4O4S/c1-3-27(4-2)32(29,30)21-12-6-18(7-13-21)23(28)26-19-8-10-20(11-9-19)31-22-14-5-17(15-24)16-25-22/h5-7,12-14,16,19-20H,3-4,8-11H2,1-2H3,(H,26,28). The molecular weight excluding hydrogens is 428 g/mol. The summed E-state index contributed by atoms with van der Waals surface area (Å²) >= 11 is 0. The Balaban J connectivity index is 1.52. The highest BCUT2D eigenvalue weighted by Gasteiger charge is 2.25. The van der Waals surface area contributed by atoms with Crippen molar-refractivity contribution in [3.63, 3.8) is 0 Å². The molecule has 1 saturated carbocycles. The van der Waals surface area contributed by atoms with Gasteiger partial charge in [-0.05, 0) is 56.0 Å². The predicted octanol–water partition coefficient (Wildman–Crippen LogP) is 3.10. The lowest BCUT2D eigenvalue weighted by atomic mass is 9.92. The summed E-state index contributed by atoms with van der Waals surface area (Å²) in [5, 5.41) is 11.9. The lowest BCUT2D eigenvalue weighted by molar-refractivity contribution is 0.0890. The van der Waals surface area contributed by atoms with Gasteiger partial charge in [0, 0.05) is 37.0 Å². The van der Waals surface area contributed by atoms with Crippen molar-refractivity contribution in [1.82, 2.24) is 14.6 Å². The molecule has 0 radical (unpaired) electrons. The average molecular weight is 457 g/mol. The van der Waals surface area contributed by atoms with Crippen LogP contribution in [0.5, 0.6) is 5.88 Å². The molecule has 0 aliphatic heterocycles. The van der Waals surface area contributed by atoms with Gasteiger partial charge in [0.2, 0.25) is 15.9 Å². The molecule has 1 fully saturated rings. The Labute approximate surface area is 189 Å². The third-order valence-corrected chi connectivity index (χ3v) is 7.69. The normalized spacial score (nSPS) is 18.7. The zero-order valence-electron chi connectivity index (χ0n) is 18.3. The molecule has 1 heterocycles. The SMILES string of the molecule is CCN(CC)S(=O)(=O)c1ccc(C(=O)NC2CCC(Oc3ccc(C#N)cn3)CC2)cc1. The Morgan fingerprint density at radius 1 is 1.12 bits per heavy atom. The summed E-state index contributed by atoms with van der Waals surface area (Å²) in [6.07, 6.45) is 4.64. The van der Waals surface area contributed by atoms with Crippen LogP contribution in [0.25, 0.3) is 0 Å². The van der Waals surface area contributed by atoms with Crippen molar-refractivity contribution in [3.8, 4) is 11.9 Å². The van der Waals surface area contributed by atoms with Crippen molar-refractivity contribution < 1.29 is 17.9 Å². The summed E-state index contributed by atoms with van der Waals surface area (Å²) in [7, 11) is -3.54. The number of benzene rings is 1. The van der Waals surface area contributed by atoms with Crippen molar-refractivity contribution in [3.05, 3.63) is 53.7 Å². The maximum Gasteiger partial charge on any atom is 0.251 e. The Hall–Kier alpha value is -2.96. The third kappa shape index (κ3) is 5.64. The van der Waals surface area contributed by atoms with E-state index in [1.807, 2.05) is 6.07 Å². The molecule has 0 spiro atoms. The van der Waals surface area contributed by atoms with Crippen molar-refractivity contribution in [2.45, 2.75) is 56.6 Å². The number of aromatic nitrogens is 1. The van der Waals surface area contributed by atoms with Crippen LogP contribution >= 0.6 is 0 Å². The van der Waals surface area contributed by atoms with Crippen LogP contribution in [-0.4, -0.2) is 48.8 Å². The van der Waals surface area contributed by atoms with E-state index < -0.39 is 10.0 Å². The van der Waals surface area contributed by atoms with Gasteiger partial charge in [0.1, 0.15) is 12.2 Å². The number of carbonyl (C=O) groups excluding carboxylic acids is 1. The first-order valence-corrected chi connectivity index (χ1v) is 12.2. The number of carbonyl (C=O) groups is 1.